The summed E-state index contributed by atoms with van der Waals surface area (Å²) in [5, 5.41) is 3.39. The topological polar surface area (TPSA) is 37.4 Å². The number of fused-ring (bicyclic) bond motifs is 1. The van der Waals surface area contributed by atoms with Crippen LogP contribution >= 0.6 is 0 Å². The number of benzene rings is 1. The van der Waals surface area contributed by atoms with Crippen molar-refractivity contribution in [3.05, 3.63) is 42.7 Å². The van der Waals surface area contributed by atoms with E-state index >= 15 is 0 Å². The number of pyridine rings is 1. The Morgan fingerprint density at radius 1 is 1.29 bits per heavy atom. The molecule has 0 bridgehead atoms. The predicted molar refractivity (Wildman–Crippen MR) is 86.6 cm³/mol. The lowest BCUT2D eigenvalue weighted by atomic mass is 10.2. The molecule has 4 nitrogen and oxygen atoms in total. The fourth-order valence-electron chi connectivity index (χ4n) is 2.54. The Morgan fingerprint density at radius 2 is 2.19 bits per heavy atom. The molecule has 1 N–H and O–H groups in total. The highest BCUT2D eigenvalue weighted by Crippen LogP contribution is 2.36. The average molecular weight is 283 g/mol. The summed E-state index contributed by atoms with van der Waals surface area (Å²) in [5.41, 5.74) is 3.29. The van der Waals surface area contributed by atoms with Crippen LogP contribution in [0, 0.1) is 0 Å². The maximum absolute atomic E-state index is 5.82. The number of rotatable bonds is 4. The maximum atomic E-state index is 5.82. The molecule has 0 atom stereocenters. The molecule has 0 radical (unpaired) electrons. The summed E-state index contributed by atoms with van der Waals surface area (Å²) in [5.74, 6) is 0.946. The molecule has 2 aromatic rings. The Labute approximate surface area is 125 Å². The van der Waals surface area contributed by atoms with E-state index in [0.717, 1.165) is 55.3 Å². The highest BCUT2D eigenvalue weighted by Gasteiger charge is 2.17. The number of nitrogens with zero attached hydrogens (tertiary/aromatic N) is 2. The van der Waals surface area contributed by atoms with Crippen LogP contribution in [0.1, 0.15) is 19.8 Å². The van der Waals surface area contributed by atoms with E-state index in [0.29, 0.717) is 0 Å². The standard InChI is InChI=1S/C17H21N3O/c1-2-8-19-14-11-15(13-18-12-14)20-9-5-10-21-17-7-4-3-6-16(17)20/h3-4,6-7,11-13,19H,2,5,8-10H2,1H3. The van der Waals surface area contributed by atoms with E-state index in [2.05, 4.69) is 34.3 Å². The van der Waals surface area contributed by atoms with Gasteiger partial charge >= 0.3 is 0 Å². The van der Waals surface area contributed by atoms with E-state index in [9.17, 15) is 0 Å². The Morgan fingerprint density at radius 3 is 3.10 bits per heavy atom. The first-order valence-electron chi connectivity index (χ1n) is 7.57. The Balaban J connectivity index is 1.92. The molecule has 0 amide bonds. The van der Waals surface area contributed by atoms with E-state index in [4.69, 9.17) is 4.74 Å². The number of nitrogens with one attached hydrogen (secondary N) is 1. The number of anilines is 3. The molecule has 0 saturated carbocycles. The summed E-state index contributed by atoms with van der Waals surface area (Å²) in [6.45, 7) is 4.82. The van der Waals surface area contributed by atoms with Crippen LogP contribution in [0.4, 0.5) is 17.1 Å². The lowest BCUT2D eigenvalue weighted by Crippen LogP contribution is -2.18. The Kier molecular flexibility index (Phi) is 4.24. The van der Waals surface area contributed by atoms with Crippen molar-refractivity contribution < 1.29 is 4.74 Å². The van der Waals surface area contributed by atoms with Crippen molar-refractivity contribution in [1.82, 2.24) is 4.98 Å². The van der Waals surface area contributed by atoms with E-state index in [1.165, 1.54) is 0 Å². The summed E-state index contributed by atoms with van der Waals surface area (Å²) >= 11 is 0. The van der Waals surface area contributed by atoms with Crippen LogP contribution in [-0.2, 0) is 0 Å². The second-order valence-corrected chi connectivity index (χ2v) is 5.18. The molecule has 0 spiro atoms. The summed E-state index contributed by atoms with van der Waals surface area (Å²) in [6, 6.07) is 10.4. The van der Waals surface area contributed by atoms with Gasteiger partial charge in [-0.25, -0.2) is 0 Å². The maximum Gasteiger partial charge on any atom is 0.142 e. The van der Waals surface area contributed by atoms with Gasteiger partial charge in [-0.3, -0.25) is 4.98 Å². The third-order valence-corrected chi connectivity index (χ3v) is 3.55. The van der Waals surface area contributed by atoms with Gasteiger partial charge in [0.25, 0.3) is 0 Å². The molecule has 110 valence electrons. The fourth-order valence-corrected chi connectivity index (χ4v) is 2.54. The summed E-state index contributed by atoms with van der Waals surface area (Å²) in [6.07, 6.45) is 5.89. The highest BCUT2D eigenvalue weighted by molar-refractivity contribution is 5.71. The Hall–Kier alpha value is -2.23. The summed E-state index contributed by atoms with van der Waals surface area (Å²) in [7, 11) is 0. The van der Waals surface area contributed by atoms with Gasteiger partial charge in [-0.2, -0.15) is 0 Å². The molecule has 0 unspecified atom stereocenters. The van der Waals surface area contributed by atoms with Crippen LogP contribution in [-0.4, -0.2) is 24.7 Å². The van der Waals surface area contributed by atoms with Crippen LogP contribution in [0.5, 0.6) is 5.75 Å². The second kappa shape index (κ2) is 6.48. The highest BCUT2D eigenvalue weighted by atomic mass is 16.5. The largest absolute Gasteiger partial charge is 0.491 e. The van der Waals surface area contributed by atoms with Crippen LogP contribution in [0.15, 0.2) is 42.7 Å². The summed E-state index contributed by atoms with van der Waals surface area (Å²) in [4.78, 5) is 6.66. The van der Waals surface area contributed by atoms with Crippen molar-refractivity contribution in [2.45, 2.75) is 19.8 Å². The minimum absolute atomic E-state index is 0.759. The number of ether oxygens (including phenoxy) is 1. The molecular formula is C17H21N3O. The van der Waals surface area contributed by atoms with E-state index < -0.39 is 0 Å². The van der Waals surface area contributed by atoms with E-state index in [1.807, 2.05) is 30.6 Å². The number of hydrogen-bond donors (Lipinski definition) is 1. The molecule has 0 fully saturated rings. The number of para-hydroxylation sites is 2. The third kappa shape index (κ3) is 3.10. The first-order chi connectivity index (χ1) is 10.4. The SMILES string of the molecule is CCCNc1cncc(N2CCCOc3ccccc32)c1. The zero-order chi connectivity index (χ0) is 14.5. The molecule has 1 aliphatic rings. The van der Waals surface area contributed by atoms with Gasteiger partial charge in [-0.15, -0.1) is 0 Å². The molecule has 3 rings (SSSR count). The van der Waals surface area contributed by atoms with Crippen LogP contribution in [0.2, 0.25) is 0 Å². The van der Waals surface area contributed by atoms with Crippen molar-refractivity contribution in [3.8, 4) is 5.75 Å². The van der Waals surface area contributed by atoms with Gasteiger partial charge in [0.15, 0.2) is 0 Å². The molecule has 2 heterocycles. The van der Waals surface area contributed by atoms with Crippen LogP contribution in [0.3, 0.4) is 0 Å². The molecule has 1 aromatic heterocycles. The van der Waals surface area contributed by atoms with Crippen molar-refractivity contribution >= 4 is 17.1 Å². The number of aromatic nitrogens is 1. The van der Waals surface area contributed by atoms with Crippen molar-refractivity contribution in [2.75, 3.05) is 29.9 Å². The minimum Gasteiger partial charge on any atom is -0.491 e. The van der Waals surface area contributed by atoms with Gasteiger partial charge in [0.2, 0.25) is 0 Å². The monoisotopic (exact) mass is 283 g/mol. The molecular weight excluding hydrogens is 262 g/mol. The summed E-state index contributed by atoms with van der Waals surface area (Å²) < 4.78 is 5.82. The quantitative estimate of drug-likeness (QED) is 0.925. The van der Waals surface area contributed by atoms with Gasteiger partial charge in [0.05, 0.1) is 36.1 Å². The zero-order valence-electron chi connectivity index (χ0n) is 12.4. The molecule has 0 aliphatic carbocycles. The van der Waals surface area contributed by atoms with E-state index in [-0.39, 0.29) is 0 Å². The lowest BCUT2D eigenvalue weighted by Gasteiger charge is -2.24. The van der Waals surface area contributed by atoms with Crippen LogP contribution in [0.25, 0.3) is 0 Å². The lowest BCUT2D eigenvalue weighted by molar-refractivity contribution is 0.322. The average Bonchev–Trinajstić information content (AvgIpc) is 2.75. The predicted octanol–water partition coefficient (Wildman–Crippen LogP) is 3.82. The molecule has 0 saturated heterocycles. The third-order valence-electron chi connectivity index (χ3n) is 3.55. The fraction of sp³-hybridized carbons (Fsp3) is 0.353. The molecule has 1 aliphatic heterocycles. The first kappa shape index (κ1) is 13.7. The normalized spacial score (nSPS) is 14.0. The van der Waals surface area contributed by atoms with E-state index in [1.54, 1.807) is 0 Å². The smallest absolute Gasteiger partial charge is 0.142 e. The van der Waals surface area contributed by atoms with Crippen molar-refractivity contribution in [2.24, 2.45) is 0 Å². The Bertz CT molecular complexity index is 600. The molecule has 4 heteroatoms. The van der Waals surface area contributed by atoms with Gasteiger partial charge in [0, 0.05) is 13.1 Å². The molecule has 21 heavy (non-hydrogen) atoms. The van der Waals surface area contributed by atoms with Gasteiger partial charge in [-0.05, 0) is 31.0 Å². The van der Waals surface area contributed by atoms with Gasteiger partial charge in [0.1, 0.15) is 5.75 Å². The first-order valence-corrected chi connectivity index (χ1v) is 7.57. The van der Waals surface area contributed by atoms with Crippen molar-refractivity contribution in [3.63, 3.8) is 0 Å². The minimum atomic E-state index is 0.759. The van der Waals surface area contributed by atoms with Crippen molar-refractivity contribution in [1.29, 1.82) is 0 Å². The molecule has 1 aromatic carbocycles. The zero-order valence-corrected chi connectivity index (χ0v) is 12.4. The van der Waals surface area contributed by atoms with Gasteiger partial charge < -0.3 is 15.0 Å². The number of hydrogen-bond acceptors (Lipinski definition) is 4. The van der Waals surface area contributed by atoms with Crippen LogP contribution < -0.4 is 15.0 Å². The second-order valence-electron chi connectivity index (χ2n) is 5.18. The van der Waals surface area contributed by atoms with Gasteiger partial charge in [-0.1, -0.05) is 19.1 Å².